The van der Waals surface area contributed by atoms with Gasteiger partial charge in [0.1, 0.15) is 5.76 Å². The van der Waals surface area contributed by atoms with E-state index in [4.69, 9.17) is 4.42 Å². The fourth-order valence-electron chi connectivity index (χ4n) is 1.91. The molecule has 5 nitrogen and oxygen atoms in total. The summed E-state index contributed by atoms with van der Waals surface area (Å²) in [6.07, 6.45) is 3.28. The first-order valence-electron chi connectivity index (χ1n) is 5.93. The molecule has 0 N–H and O–H groups in total. The zero-order chi connectivity index (χ0) is 13.1. The van der Waals surface area contributed by atoms with Gasteiger partial charge in [-0.05, 0) is 26.0 Å². The molecule has 0 aliphatic rings. The third-order valence-electron chi connectivity index (χ3n) is 2.94. The normalized spacial score (nSPS) is 10.6. The van der Waals surface area contributed by atoms with Crippen LogP contribution in [-0.4, -0.2) is 27.6 Å². The van der Waals surface area contributed by atoms with Crippen LogP contribution < -0.4 is 0 Å². The first-order chi connectivity index (χ1) is 8.63. The van der Waals surface area contributed by atoms with Gasteiger partial charge in [0, 0.05) is 19.8 Å². The monoisotopic (exact) mass is 247 g/mol. The average molecular weight is 247 g/mol. The van der Waals surface area contributed by atoms with Gasteiger partial charge in [0.2, 0.25) is 0 Å². The molecule has 1 amide bonds. The van der Waals surface area contributed by atoms with Crippen LogP contribution in [0.1, 0.15) is 28.7 Å². The second-order valence-corrected chi connectivity index (χ2v) is 4.19. The predicted molar refractivity (Wildman–Crippen MR) is 67.1 cm³/mol. The molecule has 0 atom stereocenters. The highest BCUT2D eigenvalue weighted by molar-refractivity contribution is 5.94. The van der Waals surface area contributed by atoms with Crippen LogP contribution in [0.5, 0.6) is 0 Å². The van der Waals surface area contributed by atoms with Crippen LogP contribution in [0.15, 0.2) is 29.0 Å². The number of hydrogen-bond acceptors (Lipinski definition) is 3. The maximum absolute atomic E-state index is 12.2. The Kier molecular flexibility index (Phi) is 3.50. The Balaban J connectivity index is 2.11. The molecular formula is C13H17N3O2. The van der Waals surface area contributed by atoms with Crippen molar-refractivity contribution in [2.24, 2.45) is 0 Å². The van der Waals surface area contributed by atoms with Crippen LogP contribution in [-0.2, 0) is 13.1 Å². The number of aromatic nitrogens is 2. The number of hydrogen-bond donors (Lipinski definition) is 0. The zero-order valence-electron chi connectivity index (χ0n) is 10.9. The van der Waals surface area contributed by atoms with E-state index in [9.17, 15) is 4.79 Å². The quantitative estimate of drug-likeness (QED) is 0.831. The fraction of sp³-hybridized carbons (Fsp3) is 0.385. The summed E-state index contributed by atoms with van der Waals surface area (Å²) in [4.78, 5) is 13.9. The molecule has 2 rings (SSSR count). The van der Waals surface area contributed by atoms with Crippen LogP contribution in [0.4, 0.5) is 0 Å². The van der Waals surface area contributed by atoms with Gasteiger partial charge in [-0.1, -0.05) is 0 Å². The molecule has 18 heavy (non-hydrogen) atoms. The van der Waals surface area contributed by atoms with Crippen LogP contribution in [0.3, 0.4) is 0 Å². The van der Waals surface area contributed by atoms with Crippen molar-refractivity contribution < 1.29 is 9.21 Å². The van der Waals surface area contributed by atoms with Crippen molar-refractivity contribution in [3.05, 3.63) is 41.6 Å². The first-order valence-corrected chi connectivity index (χ1v) is 5.93. The lowest BCUT2D eigenvalue weighted by molar-refractivity contribution is 0.0780. The Labute approximate surface area is 106 Å². The third-order valence-corrected chi connectivity index (χ3v) is 2.94. The molecule has 0 spiro atoms. The van der Waals surface area contributed by atoms with Crippen LogP contribution in [0, 0.1) is 6.92 Å². The molecule has 0 fully saturated rings. The van der Waals surface area contributed by atoms with E-state index in [1.165, 1.54) is 6.26 Å². The molecule has 0 aliphatic heterocycles. The van der Waals surface area contributed by atoms with Gasteiger partial charge < -0.3 is 9.32 Å². The number of furan rings is 1. The number of nitrogens with zero attached hydrogens (tertiary/aromatic N) is 3. The summed E-state index contributed by atoms with van der Waals surface area (Å²) in [5.41, 5.74) is 1.63. The maximum atomic E-state index is 12.2. The highest BCUT2D eigenvalue weighted by atomic mass is 16.3. The van der Waals surface area contributed by atoms with Gasteiger partial charge in [0.05, 0.1) is 24.1 Å². The summed E-state index contributed by atoms with van der Waals surface area (Å²) < 4.78 is 7.03. The molecule has 0 bridgehead atoms. The first kappa shape index (κ1) is 12.4. The van der Waals surface area contributed by atoms with Crippen molar-refractivity contribution in [1.82, 2.24) is 14.7 Å². The molecule has 0 aliphatic carbocycles. The summed E-state index contributed by atoms with van der Waals surface area (Å²) in [5, 5.41) is 4.19. The lowest BCUT2D eigenvalue weighted by Crippen LogP contribution is -2.27. The van der Waals surface area contributed by atoms with Crippen molar-refractivity contribution >= 4 is 5.91 Å². The van der Waals surface area contributed by atoms with Crippen LogP contribution in [0.2, 0.25) is 0 Å². The second kappa shape index (κ2) is 5.08. The SMILES string of the molecule is CCn1nccc1CN(C)C(=O)c1ccoc1C. The van der Waals surface area contributed by atoms with Crippen molar-refractivity contribution in [2.45, 2.75) is 26.9 Å². The summed E-state index contributed by atoms with van der Waals surface area (Å²) in [7, 11) is 1.78. The van der Waals surface area contributed by atoms with Crippen molar-refractivity contribution in [2.75, 3.05) is 7.05 Å². The van der Waals surface area contributed by atoms with Gasteiger partial charge >= 0.3 is 0 Å². The van der Waals surface area contributed by atoms with E-state index in [0.717, 1.165) is 12.2 Å². The van der Waals surface area contributed by atoms with Gasteiger partial charge in [-0.15, -0.1) is 0 Å². The van der Waals surface area contributed by atoms with E-state index in [-0.39, 0.29) is 5.91 Å². The van der Waals surface area contributed by atoms with Crippen LogP contribution in [0.25, 0.3) is 0 Å². The Morgan fingerprint density at radius 2 is 2.28 bits per heavy atom. The zero-order valence-corrected chi connectivity index (χ0v) is 10.9. The maximum Gasteiger partial charge on any atom is 0.257 e. The fourth-order valence-corrected chi connectivity index (χ4v) is 1.91. The van der Waals surface area contributed by atoms with Gasteiger partial charge in [-0.2, -0.15) is 5.10 Å². The number of carbonyl (C=O) groups excluding carboxylic acids is 1. The number of rotatable bonds is 4. The van der Waals surface area contributed by atoms with Gasteiger partial charge in [-0.3, -0.25) is 9.48 Å². The largest absolute Gasteiger partial charge is 0.469 e. The minimum absolute atomic E-state index is 0.0369. The Morgan fingerprint density at radius 3 is 2.89 bits per heavy atom. The second-order valence-electron chi connectivity index (χ2n) is 4.19. The number of carbonyl (C=O) groups is 1. The molecular weight excluding hydrogens is 230 g/mol. The summed E-state index contributed by atoms with van der Waals surface area (Å²) in [6, 6.07) is 3.63. The number of aryl methyl sites for hydroxylation is 2. The molecule has 5 heteroatoms. The molecule has 0 saturated heterocycles. The van der Waals surface area contributed by atoms with Crippen LogP contribution >= 0.6 is 0 Å². The molecule has 0 aromatic carbocycles. The molecule has 2 heterocycles. The molecule has 96 valence electrons. The molecule has 0 saturated carbocycles. The van der Waals surface area contributed by atoms with E-state index in [1.54, 1.807) is 31.1 Å². The lowest BCUT2D eigenvalue weighted by atomic mass is 10.2. The summed E-state index contributed by atoms with van der Waals surface area (Å²) >= 11 is 0. The summed E-state index contributed by atoms with van der Waals surface area (Å²) in [6.45, 7) is 5.16. The standard InChI is InChI=1S/C13H17N3O2/c1-4-16-11(5-7-14-16)9-15(3)13(17)12-6-8-18-10(12)2/h5-8H,4,9H2,1-3H3. The van der Waals surface area contributed by atoms with Crippen molar-refractivity contribution in [3.8, 4) is 0 Å². The van der Waals surface area contributed by atoms with Gasteiger partial charge in [0.25, 0.3) is 5.91 Å². The lowest BCUT2D eigenvalue weighted by Gasteiger charge is -2.17. The molecule has 2 aromatic heterocycles. The van der Waals surface area contributed by atoms with Crippen molar-refractivity contribution in [3.63, 3.8) is 0 Å². The highest BCUT2D eigenvalue weighted by Gasteiger charge is 2.17. The van der Waals surface area contributed by atoms with Gasteiger partial charge in [-0.25, -0.2) is 0 Å². The molecule has 2 aromatic rings. The van der Waals surface area contributed by atoms with Gasteiger partial charge in [0.15, 0.2) is 0 Å². The predicted octanol–water partition coefficient (Wildman–Crippen LogP) is 2.08. The smallest absolute Gasteiger partial charge is 0.257 e. The molecule has 0 unspecified atom stereocenters. The average Bonchev–Trinajstić information content (AvgIpc) is 2.96. The minimum Gasteiger partial charge on any atom is -0.469 e. The van der Waals surface area contributed by atoms with E-state index in [0.29, 0.717) is 17.9 Å². The highest BCUT2D eigenvalue weighted by Crippen LogP contribution is 2.13. The van der Waals surface area contributed by atoms with E-state index < -0.39 is 0 Å². The van der Waals surface area contributed by atoms with E-state index in [2.05, 4.69) is 5.10 Å². The van der Waals surface area contributed by atoms with Crippen molar-refractivity contribution in [1.29, 1.82) is 0 Å². The molecule has 0 radical (unpaired) electrons. The number of amides is 1. The topological polar surface area (TPSA) is 51.3 Å². The Hall–Kier alpha value is -2.04. The Bertz CT molecular complexity index is 542. The van der Waals surface area contributed by atoms with E-state index in [1.807, 2.05) is 17.7 Å². The summed E-state index contributed by atoms with van der Waals surface area (Å²) in [5.74, 6) is 0.612. The third kappa shape index (κ3) is 2.30. The Morgan fingerprint density at radius 1 is 1.50 bits per heavy atom. The van der Waals surface area contributed by atoms with E-state index >= 15 is 0 Å². The minimum atomic E-state index is -0.0369.